The van der Waals surface area contributed by atoms with Gasteiger partial charge in [-0.25, -0.2) is 9.97 Å². The van der Waals surface area contributed by atoms with E-state index in [4.69, 9.17) is 9.84 Å². The quantitative estimate of drug-likeness (QED) is 0.377. The number of carbonyl (C=O) groups is 1. The van der Waals surface area contributed by atoms with Gasteiger partial charge in [-0.15, -0.1) is 0 Å². The number of carbonyl (C=O) groups excluding carboxylic acids is 1. The number of pyridine rings is 1. The number of fused-ring (bicyclic) bond motifs is 1. The fourth-order valence-electron chi connectivity index (χ4n) is 3.11. The van der Waals surface area contributed by atoms with Gasteiger partial charge in [-0.05, 0) is 18.2 Å². The molecule has 0 spiro atoms. The van der Waals surface area contributed by atoms with Crippen LogP contribution in [0.1, 0.15) is 16.1 Å². The van der Waals surface area contributed by atoms with Gasteiger partial charge in [-0.1, -0.05) is 24.3 Å². The van der Waals surface area contributed by atoms with E-state index in [0.717, 1.165) is 6.07 Å². The maximum Gasteiger partial charge on any atom is 0.417 e. The number of nitrogens with zero attached hydrogens (tertiary/aromatic N) is 4. The van der Waals surface area contributed by atoms with E-state index in [1.807, 2.05) is 0 Å². The van der Waals surface area contributed by atoms with Crippen LogP contribution in [0, 0.1) is 0 Å². The number of rotatable bonds is 7. The molecular weight excluding hydrogens is 455 g/mol. The summed E-state index contributed by atoms with van der Waals surface area (Å²) in [6.45, 7) is -0.702. The Labute approximate surface area is 190 Å². The minimum Gasteiger partial charge on any atom is -0.475 e. The number of aliphatic hydroxyl groups is 2. The van der Waals surface area contributed by atoms with Crippen molar-refractivity contribution >= 4 is 17.4 Å². The number of nitrogens with one attached hydrogen (secondary N) is 1. The lowest BCUT2D eigenvalue weighted by atomic mass is 10.0. The molecule has 4 aromatic rings. The zero-order chi connectivity index (χ0) is 24.3. The molecule has 12 heteroatoms. The molecule has 1 aromatic carbocycles. The fraction of sp³-hybridized carbons (Fsp3) is 0.182. The zero-order valence-corrected chi connectivity index (χ0v) is 17.4. The third-order valence-corrected chi connectivity index (χ3v) is 4.70. The molecule has 176 valence electrons. The van der Waals surface area contributed by atoms with Gasteiger partial charge in [0.05, 0.1) is 17.9 Å². The minimum atomic E-state index is -4.57. The van der Waals surface area contributed by atoms with E-state index in [0.29, 0.717) is 0 Å². The van der Waals surface area contributed by atoms with E-state index in [9.17, 15) is 23.1 Å². The number of hydrogen-bond donors (Lipinski definition) is 3. The number of amides is 1. The molecule has 3 aromatic heterocycles. The second-order valence-corrected chi connectivity index (χ2v) is 7.14. The van der Waals surface area contributed by atoms with Gasteiger partial charge in [-0.3, -0.25) is 4.79 Å². The van der Waals surface area contributed by atoms with Crippen LogP contribution >= 0.6 is 0 Å². The average molecular weight is 473 g/mol. The molecule has 0 saturated carbocycles. The molecule has 0 aliphatic heterocycles. The molecule has 4 rings (SSSR count). The maximum absolute atomic E-state index is 13.4. The lowest BCUT2D eigenvalue weighted by Crippen LogP contribution is -2.22. The molecule has 0 aliphatic rings. The van der Waals surface area contributed by atoms with Crippen molar-refractivity contribution in [2.75, 3.05) is 18.5 Å². The fourth-order valence-corrected chi connectivity index (χ4v) is 3.11. The topological polar surface area (TPSA) is 122 Å². The van der Waals surface area contributed by atoms with E-state index in [1.54, 1.807) is 0 Å². The van der Waals surface area contributed by atoms with Gasteiger partial charge in [0.2, 0.25) is 5.88 Å². The monoisotopic (exact) mass is 473 g/mol. The average Bonchev–Trinajstić information content (AvgIpc) is 3.27. The SMILES string of the molecule is O=C(Nc1ccnc2cc(-c3ccccc3C(F)(F)F)nn12)c1cccc(OCC(O)CO)n1. The first-order chi connectivity index (χ1) is 16.3. The second kappa shape index (κ2) is 9.45. The van der Waals surface area contributed by atoms with Crippen LogP contribution in [0.3, 0.4) is 0 Å². The van der Waals surface area contributed by atoms with E-state index < -0.39 is 30.4 Å². The van der Waals surface area contributed by atoms with Crippen LogP contribution in [0.5, 0.6) is 5.88 Å². The van der Waals surface area contributed by atoms with Crippen LogP contribution in [0.4, 0.5) is 19.0 Å². The van der Waals surface area contributed by atoms with Crippen LogP contribution in [0.15, 0.2) is 60.8 Å². The number of alkyl halides is 3. The lowest BCUT2D eigenvalue weighted by Gasteiger charge is -2.11. The second-order valence-electron chi connectivity index (χ2n) is 7.14. The summed E-state index contributed by atoms with van der Waals surface area (Å²) in [5.74, 6) is -0.409. The predicted molar refractivity (Wildman–Crippen MR) is 114 cm³/mol. The largest absolute Gasteiger partial charge is 0.475 e. The van der Waals surface area contributed by atoms with E-state index >= 15 is 0 Å². The molecule has 1 unspecified atom stereocenters. The molecule has 1 atom stereocenters. The molecule has 9 nitrogen and oxygen atoms in total. The molecule has 0 saturated heterocycles. The van der Waals surface area contributed by atoms with Gasteiger partial charge in [-0.2, -0.15) is 22.8 Å². The van der Waals surface area contributed by atoms with E-state index in [2.05, 4.69) is 20.4 Å². The summed E-state index contributed by atoms with van der Waals surface area (Å²) in [6.07, 6.45) is -4.28. The van der Waals surface area contributed by atoms with Crippen molar-refractivity contribution in [3.05, 3.63) is 72.1 Å². The summed E-state index contributed by atoms with van der Waals surface area (Å²) in [5, 5.41) is 25.1. The van der Waals surface area contributed by atoms with Crippen molar-refractivity contribution in [3.63, 3.8) is 0 Å². The number of benzene rings is 1. The molecular formula is C22H18F3N5O4. The molecule has 0 fully saturated rings. The molecule has 0 bridgehead atoms. The van der Waals surface area contributed by atoms with Crippen LogP contribution in [-0.4, -0.2) is 55.0 Å². The Bertz CT molecular complexity index is 1330. The Morgan fingerprint density at radius 1 is 1.15 bits per heavy atom. The first-order valence-corrected chi connectivity index (χ1v) is 9.98. The Morgan fingerprint density at radius 3 is 2.71 bits per heavy atom. The van der Waals surface area contributed by atoms with Crippen molar-refractivity contribution in [2.24, 2.45) is 0 Å². The van der Waals surface area contributed by atoms with Gasteiger partial charge in [0, 0.05) is 23.9 Å². The third-order valence-electron chi connectivity index (χ3n) is 4.70. The predicted octanol–water partition coefficient (Wildman–Crippen LogP) is 2.79. The number of halogens is 3. The van der Waals surface area contributed by atoms with Crippen molar-refractivity contribution < 1.29 is 32.9 Å². The number of anilines is 1. The van der Waals surface area contributed by atoms with Crippen molar-refractivity contribution in [1.29, 1.82) is 0 Å². The van der Waals surface area contributed by atoms with E-state index in [1.165, 1.54) is 59.2 Å². The summed E-state index contributed by atoms with van der Waals surface area (Å²) in [4.78, 5) is 20.9. The van der Waals surface area contributed by atoms with Gasteiger partial charge in [0.25, 0.3) is 5.91 Å². The van der Waals surface area contributed by atoms with Crippen LogP contribution < -0.4 is 10.1 Å². The van der Waals surface area contributed by atoms with Crippen LogP contribution in [-0.2, 0) is 6.18 Å². The van der Waals surface area contributed by atoms with Crippen LogP contribution in [0.2, 0.25) is 0 Å². The van der Waals surface area contributed by atoms with Gasteiger partial charge in [0.15, 0.2) is 5.65 Å². The van der Waals surface area contributed by atoms with Gasteiger partial charge in [0.1, 0.15) is 24.2 Å². The van der Waals surface area contributed by atoms with Crippen LogP contribution in [0.25, 0.3) is 16.9 Å². The highest BCUT2D eigenvalue weighted by Crippen LogP contribution is 2.36. The van der Waals surface area contributed by atoms with Crippen molar-refractivity contribution in [1.82, 2.24) is 19.6 Å². The normalized spacial score (nSPS) is 12.5. The Morgan fingerprint density at radius 2 is 1.94 bits per heavy atom. The molecule has 3 heterocycles. The summed E-state index contributed by atoms with van der Waals surface area (Å²) < 4.78 is 46.8. The standard InChI is InChI=1S/C22H18F3N5O4/c23-22(24,25)15-5-2-1-4-14(15)17-10-19-26-9-8-18(30(19)29-17)28-21(33)16-6-3-7-20(27-16)34-12-13(32)11-31/h1-10,13,31-32H,11-12H2,(H,28,33). The Hall–Kier alpha value is -4.03. The van der Waals surface area contributed by atoms with Crippen molar-refractivity contribution in [3.8, 4) is 17.1 Å². The first-order valence-electron chi connectivity index (χ1n) is 9.98. The lowest BCUT2D eigenvalue weighted by molar-refractivity contribution is -0.137. The number of aliphatic hydroxyl groups excluding tert-OH is 2. The number of hydrogen-bond acceptors (Lipinski definition) is 7. The molecule has 1 amide bonds. The Balaban J connectivity index is 1.61. The molecule has 34 heavy (non-hydrogen) atoms. The third kappa shape index (κ3) is 4.97. The summed E-state index contributed by atoms with van der Waals surface area (Å²) in [6, 6.07) is 12.3. The zero-order valence-electron chi connectivity index (χ0n) is 17.4. The highest BCUT2D eigenvalue weighted by molar-refractivity contribution is 6.02. The summed E-state index contributed by atoms with van der Waals surface area (Å²) in [5.41, 5.74) is -0.702. The summed E-state index contributed by atoms with van der Waals surface area (Å²) >= 11 is 0. The van der Waals surface area contributed by atoms with Crippen molar-refractivity contribution in [2.45, 2.75) is 12.3 Å². The van der Waals surface area contributed by atoms with Gasteiger partial charge < -0.3 is 20.3 Å². The first kappa shape index (κ1) is 23.1. The van der Waals surface area contributed by atoms with E-state index in [-0.39, 0.29) is 40.9 Å². The highest BCUT2D eigenvalue weighted by atomic mass is 19.4. The number of ether oxygens (including phenoxy) is 1. The van der Waals surface area contributed by atoms with Gasteiger partial charge >= 0.3 is 6.18 Å². The number of aromatic nitrogens is 4. The summed E-state index contributed by atoms with van der Waals surface area (Å²) in [7, 11) is 0. The maximum atomic E-state index is 13.4. The smallest absolute Gasteiger partial charge is 0.417 e. The molecule has 0 aliphatic carbocycles. The Kier molecular flexibility index (Phi) is 6.43. The highest BCUT2D eigenvalue weighted by Gasteiger charge is 2.34. The molecule has 0 radical (unpaired) electrons. The minimum absolute atomic E-state index is 0.0178. The molecule has 3 N–H and O–H groups in total.